The fourth-order valence-electron chi connectivity index (χ4n) is 3.37. The maximum absolute atomic E-state index is 12.9. The standard InChI is InChI=1S/C27H21N3O4/c31-25(21-10-4-5-11-22(21)27(33)34)30-24-13-7-6-12-23(24)26(32)29-20-16-14-19(15-17-20)28-18-8-2-1-3-9-18/h1-17,28H,(H,29,32)(H,30,31)(H,33,34). The van der Waals surface area contributed by atoms with Crippen molar-refractivity contribution in [1.82, 2.24) is 0 Å². The molecule has 4 aromatic carbocycles. The molecule has 4 aromatic rings. The van der Waals surface area contributed by atoms with E-state index >= 15 is 0 Å². The first-order chi connectivity index (χ1) is 16.5. The fourth-order valence-corrected chi connectivity index (χ4v) is 3.37. The van der Waals surface area contributed by atoms with Gasteiger partial charge in [0, 0.05) is 17.1 Å². The van der Waals surface area contributed by atoms with Gasteiger partial charge < -0.3 is 21.1 Å². The topological polar surface area (TPSA) is 108 Å². The quantitative estimate of drug-likeness (QED) is 0.291. The van der Waals surface area contributed by atoms with Gasteiger partial charge in [-0.25, -0.2) is 4.79 Å². The van der Waals surface area contributed by atoms with Crippen molar-refractivity contribution in [3.8, 4) is 0 Å². The van der Waals surface area contributed by atoms with Crippen molar-refractivity contribution < 1.29 is 19.5 Å². The fraction of sp³-hybridized carbons (Fsp3) is 0. The first-order valence-electron chi connectivity index (χ1n) is 10.5. The van der Waals surface area contributed by atoms with Gasteiger partial charge in [0.2, 0.25) is 0 Å². The number of aromatic carboxylic acids is 1. The lowest BCUT2D eigenvalue weighted by atomic mass is 10.1. The molecule has 0 aliphatic carbocycles. The molecule has 0 spiro atoms. The first kappa shape index (κ1) is 22.3. The number of hydrogen-bond donors (Lipinski definition) is 4. The second-order valence-electron chi connectivity index (χ2n) is 7.37. The molecule has 0 heterocycles. The molecular weight excluding hydrogens is 430 g/mol. The summed E-state index contributed by atoms with van der Waals surface area (Å²) < 4.78 is 0. The molecule has 34 heavy (non-hydrogen) atoms. The van der Waals surface area contributed by atoms with Gasteiger partial charge in [0.25, 0.3) is 11.8 Å². The van der Waals surface area contributed by atoms with Crippen LogP contribution in [0.5, 0.6) is 0 Å². The molecule has 0 aliphatic heterocycles. The van der Waals surface area contributed by atoms with E-state index in [-0.39, 0.29) is 22.4 Å². The third-order valence-corrected chi connectivity index (χ3v) is 5.03. The van der Waals surface area contributed by atoms with Crippen molar-refractivity contribution in [3.63, 3.8) is 0 Å². The molecule has 0 saturated heterocycles. The highest BCUT2D eigenvalue weighted by atomic mass is 16.4. The Bertz CT molecular complexity index is 1340. The molecule has 0 bridgehead atoms. The number of carboxylic acid groups (broad SMARTS) is 1. The van der Waals surface area contributed by atoms with Crippen LogP contribution in [0.2, 0.25) is 0 Å². The van der Waals surface area contributed by atoms with E-state index in [9.17, 15) is 19.5 Å². The van der Waals surface area contributed by atoms with Crippen molar-refractivity contribution in [2.24, 2.45) is 0 Å². The minimum atomic E-state index is -1.21. The molecule has 4 N–H and O–H groups in total. The minimum Gasteiger partial charge on any atom is -0.478 e. The molecule has 0 aliphatic rings. The van der Waals surface area contributed by atoms with Crippen LogP contribution in [0.3, 0.4) is 0 Å². The molecule has 0 aromatic heterocycles. The monoisotopic (exact) mass is 451 g/mol. The number of anilines is 4. The Labute approximate surface area is 196 Å². The summed E-state index contributed by atoms with van der Waals surface area (Å²) in [5, 5.41) is 18.1. The van der Waals surface area contributed by atoms with Crippen LogP contribution in [0, 0.1) is 0 Å². The highest BCUT2D eigenvalue weighted by Crippen LogP contribution is 2.22. The van der Waals surface area contributed by atoms with Crippen molar-refractivity contribution in [3.05, 3.63) is 120 Å². The molecule has 0 radical (unpaired) electrons. The Morgan fingerprint density at radius 2 is 1.00 bits per heavy atom. The molecule has 0 fully saturated rings. The SMILES string of the molecule is O=C(Nc1ccc(Nc2ccccc2)cc1)c1ccccc1NC(=O)c1ccccc1C(=O)O. The van der Waals surface area contributed by atoms with Gasteiger partial charge in [-0.15, -0.1) is 0 Å². The third kappa shape index (κ3) is 5.28. The van der Waals surface area contributed by atoms with Gasteiger partial charge in [0.05, 0.1) is 22.4 Å². The van der Waals surface area contributed by atoms with Crippen LogP contribution in [-0.4, -0.2) is 22.9 Å². The first-order valence-corrected chi connectivity index (χ1v) is 10.5. The molecular formula is C27H21N3O4. The van der Waals surface area contributed by atoms with Gasteiger partial charge in [0.15, 0.2) is 0 Å². The van der Waals surface area contributed by atoms with Crippen molar-refractivity contribution >= 4 is 40.5 Å². The Hall–Kier alpha value is -4.91. The molecule has 7 heteroatoms. The summed E-state index contributed by atoms with van der Waals surface area (Å²) in [4.78, 5) is 37.1. The van der Waals surface area contributed by atoms with E-state index < -0.39 is 17.8 Å². The number of benzene rings is 4. The van der Waals surface area contributed by atoms with E-state index in [1.165, 1.54) is 12.1 Å². The van der Waals surface area contributed by atoms with E-state index in [0.29, 0.717) is 5.69 Å². The van der Waals surface area contributed by atoms with Crippen LogP contribution < -0.4 is 16.0 Å². The average molecular weight is 451 g/mol. The lowest BCUT2D eigenvalue weighted by molar-refractivity contribution is 0.0692. The van der Waals surface area contributed by atoms with Gasteiger partial charge in [-0.2, -0.15) is 0 Å². The number of carbonyl (C=O) groups is 3. The zero-order valence-corrected chi connectivity index (χ0v) is 18.0. The number of carboxylic acids is 1. The Morgan fingerprint density at radius 3 is 1.68 bits per heavy atom. The Morgan fingerprint density at radius 1 is 0.500 bits per heavy atom. The molecule has 4 rings (SSSR count). The van der Waals surface area contributed by atoms with Crippen LogP contribution in [-0.2, 0) is 0 Å². The van der Waals surface area contributed by atoms with Crippen LogP contribution >= 0.6 is 0 Å². The lowest BCUT2D eigenvalue weighted by Crippen LogP contribution is -2.20. The number of nitrogens with one attached hydrogen (secondary N) is 3. The lowest BCUT2D eigenvalue weighted by Gasteiger charge is -2.13. The van der Waals surface area contributed by atoms with Gasteiger partial charge in [-0.1, -0.05) is 42.5 Å². The summed E-state index contributed by atoms with van der Waals surface area (Å²) >= 11 is 0. The normalized spacial score (nSPS) is 10.2. The molecule has 0 unspecified atom stereocenters. The number of hydrogen-bond acceptors (Lipinski definition) is 4. The van der Waals surface area contributed by atoms with Crippen LogP contribution in [0.25, 0.3) is 0 Å². The molecule has 2 amide bonds. The second kappa shape index (κ2) is 10.1. The number of rotatable bonds is 7. The summed E-state index contributed by atoms with van der Waals surface area (Å²) in [6.07, 6.45) is 0. The molecule has 0 atom stereocenters. The van der Waals surface area contributed by atoms with Crippen LogP contribution in [0.1, 0.15) is 31.1 Å². The Balaban J connectivity index is 1.48. The van der Waals surface area contributed by atoms with Crippen molar-refractivity contribution in [2.45, 2.75) is 0 Å². The number of carbonyl (C=O) groups excluding carboxylic acids is 2. The number of para-hydroxylation sites is 2. The summed E-state index contributed by atoms with van der Waals surface area (Å²) in [7, 11) is 0. The highest BCUT2D eigenvalue weighted by molar-refractivity contribution is 6.14. The Kier molecular flexibility index (Phi) is 6.65. The van der Waals surface area contributed by atoms with Crippen molar-refractivity contribution in [2.75, 3.05) is 16.0 Å². The van der Waals surface area contributed by atoms with E-state index in [1.807, 2.05) is 42.5 Å². The highest BCUT2D eigenvalue weighted by Gasteiger charge is 2.18. The predicted octanol–water partition coefficient (Wildman–Crippen LogP) is 5.63. The molecule has 0 saturated carbocycles. The third-order valence-electron chi connectivity index (χ3n) is 5.03. The van der Waals surface area contributed by atoms with E-state index in [4.69, 9.17) is 0 Å². The average Bonchev–Trinajstić information content (AvgIpc) is 2.86. The maximum atomic E-state index is 12.9. The summed E-state index contributed by atoms with van der Waals surface area (Å²) in [6.45, 7) is 0. The smallest absolute Gasteiger partial charge is 0.336 e. The summed E-state index contributed by atoms with van der Waals surface area (Å²) in [6, 6.07) is 29.4. The molecule has 7 nitrogen and oxygen atoms in total. The summed E-state index contributed by atoms with van der Waals surface area (Å²) in [5.74, 6) is -2.23. The zero-order valence-electron chi connectivity index (χ0n) is 18.0. The zero-order chi connectivity index (χ0) is 23.9. The summed E-state index contributed by atoms with van der Waals surface area (Å²) in [5.41, 5.74) is 2.81. The van der Waals surface area contributed by atoms with Crippen LogP contribution in [0.15, 0.2) is 103 Å². The minimum absolute atomic E-state index is 0.00622. The van der Waals surface area contributed by atoms with Gasteiger partial charge in [-0.05, 0) is 60.7 Å². The van der Waals surface area contributed by atoms with Gasteiger partial charge in [0.1, 0.15) is 0 Å². The predicted molar refractivity (Wildman–Crippen MR) is 132 cm³/mol. The number of amides is 2. The van der Waals surface area contributed by atoms with Gasteiger partial charge in [-0.3, -0.25) is 9.59 Å². The van der Waals surface area contributed by atoms with E-state index in [0.717, 1.165) is 11.4 Å². The van der Waals surface area contributed by atoms with Crippen molar-refractivity contribution in [1.29, 1.82) is 0 Å². The van der Waals surface area contributed by atoms with Gasteiger partial charge >= 0.3 is 5.97 Å². The molecule has 168 valence electrons. The maximum Gasteiger partial charge on any atom is 0.336 e. The second-order valence-corrected chi connectivity index (χ2v) is 7.37. The largest absolute Gasteiger partial charge is 0.478 e. The van der Waals surface area contributed by atoms with E-state index in [1.54, 1.807) is 48.5 Å². The van der Waals surface area contributed by atoms with Crippen LogP contribution in [0.4, 0.5) is 22.7 Å². The van der Waals surface area contributed by atoms with E-state index in [2.05, 4.69) is 16.0 Å².